The third-order valence-electron chi connectivity index (χ3n) is 6.58. The van der Waals surface area contributed by atoms with Gasteiger partial charge >= 0.3 is 0 Å². The number of likely N-dealkylation sites (N-methyl/N-ethyl adjacent to an activating group) is 1. The van der Waals surface area contributed by atoms with E-state index in [2.05, 4.69) is 31.6 Å². The van der Waals surface area contributed by atoms with E-state index in [-0.39, 0.29) is 16.0 Å². The Morgan fingerprint density at radius 1 is 1.16 bits per heavy atom. The van der Waals surface area contributed by atoms with Gasteiger partial charge in [-0.1, -0.05) is 18.5 Å². The number of sulfonamides is 1. The van der Waals surface area contributed by atoms with E-state index < -0.39 is 10.0 Å². The highest BCUT2D eigenvalue weighted by Gasteiger charge is 2.24. The number of hydrogen-bond acceptors (Lipinski definition) is 8. The predicted octanol–water partition coefficient (Wildman–Crippen LogP) is 4.45. The second kappa shape index (κ2) is 10.8. The van der Waals surface area contributed by atoms with Gasteiger partial charge in [0.1, 0.15) is 28.5 Å². The maximum atomic E-state index is 13.0. The number of benzene rings is 2. The van der Waals surface area contributed by atoms with Crippen molar-refractivity contribution in [3.63, 3.8) is 0 Å². The Kier molecular flexibility index (Phi) is 7.42. The van der Waals surface area contributed by atoms with Gasteiger partial charge in [0.15, 0.2) is 5.65 Å². The number of nitrogens with one attached hydrogen (secondary N) is 1. The van der Waals surface area contributed by atoms with Crippen LogP contribution in [0.4, 0.5) is 5.69 Å². The molecular formula is C26H29ClN6O4S. The van der Waals surface area contributed by atoms with Gasteiger partial charge in [-0.15, -0.1) is 0 Å². The molecule has 1 unspecified atom stereocenters. The Hall–Kier alpha value is -3.41. The van der Waals surface area contributed by atoms with Gasteiger partial charge in [0.05, 0.1) is 23.5 Å². The van der Waals surface area contributed by atoms with Gasteiger partial charge in [-0.3, -0.25) is 9.62 Å². The summed E-state index contributed by atoms with van der Waals surface area (Å²) in [5, 5.41) is 5.54. The largest absolute Gasteiger partial charge is 0.497 e. The summed E-state index contributed by atoms with van der Waals surface area (Å²) in [5.74, 6) is 0.920. The zero-order valence-corrected chi connectivity index (χ0v) is 23.0. The third-order valence-corrected chi connectivity index (χ3v) is 8.45. The molecule has 200 valence electrons. The minimum absolute atomic E-state index is 0.0648. The number of fused-ring (bicyclic) bond motifs is 1. The molecule has 1 saturated heterocycles. The summed E-state index contributed by atoms with van der Waals surface area (Å²) in [5.41, 5.74) is 2.45. The quantitative estimate of drug-likeness (QED) is 0.339. The third kappa shape index (κ3) is 5.27. The van der Waals surface area contributed by atoms with E-state index >= 15 is 0 Å². The maximum Gasteiger partial charge on any atom is 0.263 e. The van der Waals surface area contributed by atoms with Gasteiger partial charge in [0.2, 0.25) is 5.88 Å². The zero-order chi connectivity index (χ0) is 26.9. The molecule has 0 aliphatic carbocycles. The van der Waals surface area contributed by atoms with Gasteiger partial charge in [0.25, 0.3) is 10.0 Å². The molecule has 2 aromatic heterocycles. The van der Waals surface area contributed by atoms with Crippen molar-refractivity contribution in [1.82, 2.24) is 24.6 Å². The van der Waals surface area contributed by atoms with Crippen LogP contribution in [0.3, 0.4) is 0 Å². The molecule has 0 saturated carbocycles. The summed E-state index contributed by atoms with van der Waals surface area (Å²) in [6.45, 7) is 7.01. The molecule has 1 aliphatic rings. The lowest BCUT2D eigenvalue weighted by atomic mass is 10.1. The van der Waals surface area contributed by atoms with Crippen LogP contribution in [-0.2, 0) is 10.0 Å². The van der Waals surface area contributed by atoms with Crippen molar-refractivity contribution >= 4 is 38.3 Å². The van der Waals surface area contributed by atoms with E-state index in [1.165, 1.54) is 25.6 Å². The van der Waals surface area contributed by atoms with Crippen LogP contribution in [0.2, 0.25) is 5.02 Å². The first kappa shape index (κ1) is 26.2. The van der Waals surface area contributed by atoms with E-state index in [1.54, 1.807) is 35.0 Å². The molecule has 1 N–H and O–H groups in total. The molecule has 1 atom stereocenters. The fourth-order valence-electron chi connectivity index (χ4n) is 4.61. The van der Waals surface area contributed by atoms with E-state index in [4.69, 9.17) is 21.1 Å². The Balaban J connectivity index is 1.40. The Bertz CT molecular complexity index is 1560. The molecule has 10 nitrogen and oxygen atoms in total. The Labute approximate surface area is 226 Å². The Morgan fingerprint density at radius 3 is 2.68 bits per heavy atom. The van der Waals surface area contributed by atoms with Crippen LogP contribution in [0, 0.1) is 6.92 Å². The van der Waals surface area contributed by atoms with Crippen LogP contribution >= 0.6 is 11.6 Å². The maximum absolute atomic E-state index is 13.0. The fraction of sp³-hybridized carbons (Fsp3) is 0.346. The predicted molar refractivity (Wildman–Crippen MR) is 146 cm³/mol. The number of piperidine rings is 1. The number of methoxy groups -OCH3 is 1. The molecule has 1 fully saturated rings. The first-order valence-electron chi connectivity index (χ1n) is 12.3. The van der Waals surface area contributed by atoms with Gasteiger partial charge < -0.3 is 9.47 Å². The van der Waals surface area contributed by atoms with Gasteiger partial charge in [-0.05, 0) is 69.3 Å². The lowest BCUT2D eigenvalue weighted by Crippen LogP contribution is -2.41. The molecule has 2 aromatic carbocycles. The molecule has 3 heterocycles. The number of halogens is 1. The smallest absolute Gasteiger partial charge is 0.263 e. The molecule has 0 bridgehead atoms. The van der Waals surface area contributed by atoms with Crippen LogP contribution in [0.15, 0.2) is 53.7 Å². The second-order valence-corrected chi connectivity index (χ2v) is 11.2. The van der Waals surface area contributed by atoms with Crippen molar-refractivity contribution < 1.29 is 17.9 Å². The summed E-state index contributed by atoms with van der Waals surface area (Å²) in [4.78, 5) is 11.2. The molecule has 0 amide bonds. The molecule has 1 aliphatic heterocycles. The SMILES string of the molecule is CCN1CCCC(Oc2ncnc3c2c(C)nn3-c2ccc(NS(=O)(=O)c3cc(OC)ccc3Cl)cc2)C1. The van der Waals surface area contributed by atoms with Crippen LogP contribution in [0.1, 0.15) is 25.5 Å². The molecule has 38 heavy (non-hydrogen) atoms. The normalized spacial score (nSPS) is 16.5. The van der Waals surface area contributed by atoms with Crippen molar-refractivity contribution in [1.29, 1.82) is 0 Å². The number of nitrogens with zero attached hydrogens (tertiary/aromatic N) is 5. The topological polar surface area (TPSA) is 111 Å². The van der Waals surface area contributed by atoms with Crippen LogP contribution in [0.25, 0.3) is 16.7 Å². The summed E-state index contributed by atoms with van der Waals surface area (Å²) in [7, 11) is -2.47. The van der Waals surface area contributed by atoms with Crippen LogP contribution < -0.4 is 14.2 Å². The van der Waals surface area contributed by atoms with E-state index in [0.29, 0.717) is 28.7 Å². The second-order valence-electron chi connectivity index (χ2n) is 9.10. The van der Waals surface area contributed by atoms with Crippen molar-refractivity contribution in [2.75, 3.05) is 31.5 Å². The zero-order valence-electron chi connectivity index (χ0n) is 21.4. The number of aryl methyl sites for hydroxylation is 1. The van der Waals surface area contributed by atoms with Crippen LogP contribution in [0.5, 0.6) is 11.6 Å². The van der Waals surface area contributed by atoms with Crippen molar-refractivity contribution in [2.24, 2.45) is 0 Å². The highest BCUT2D eigenvalue weighted by Crippen LogP contribution is 2.30. The monoisotopic (exact) mass is 556 g/mol. The standard InChI is InChI=1S/C26H29ClN6O4S/c1-4-32-13-5-6-21(15-32)37-26-24-17(2)30-33(25(24)28-16-29-26)19-9-7-18(8-10-19)31-38(34,35)23-14-20(36-3)11-12-22(23)27/h7-12,14,16,21,31H,4-6,13,15H2,1-3H3. The first-order chi connectivity index (χ1) is 18.3. The summed E-state index contributed by atoms with van der Waals surface area (Å²) >= 11 is 6.14. The minimum Gasteiger partial charge on any atom is -0.497 e. The summed E-state index contributed by atoms with van der Waals surface area (Å²) in [6.07, 6.45) is 3.62. The lowest BCUT2D eigenvalue weighted by Gasteiger charge is -2.31. The number of ether oxygens (including phenoxy) is 2. The van der Waals surface area contributed by atoms with Gasteiger partial charge in [-0.2, -0.15) is 5.10 Å². The van der Waals surface area contributed by atoms with Gasteiger partial charge in [-0.25, -0.2) is 23.1 Å². The van der Waals surface area contributed by atoms with Crippen molar-refractivity contribution in [3.05, 3.63) is 59.5 Å². The summed E-state index contributed by atoms with van der Waals surface area (Å²) in [6, 6.07) is 11.3. The number of aromatic nitrogens is 4. The van der Waals surface area contributed by atoms with Crippen LogP contribution in [-0.4, -0.2) is 65.9 Å². The minimum atomic E-state index is -3.94. The number of rotatable bonds is 8. The van der Waals surface area contributed by atoms with Crippen molar-refractivity contribution in [3.8, 4) is 17.3 Å². The van der Waals surface area contributed by atoms with Gasteiger partial charge in [0, 0.05) is 18.3 Å². The highest BCUT2D eigenvalue weighted by atomic mass is 35.5. The number of hydrogen-bond donors (Lipinski definition) is 1. The van der Waals surface area contributed by atoms with Crippen molar-refractivity contribution in [2.45, 2.75) is 37.7 Å². The molecule has 4 aromatic rings. The van der Waals surface area contributed by atoms with E-state index in [0.717, 1.165) is 43.6 Å². The lowest BCUT2D eigenvalue weighted by molar-refractivity contribution is 0.0895. The van der Waals surface area contributed by atoms with E-state index in [1.807, 2.05) is 6.92 Å². The molecule has 12 heteroatoms. The average Bonchev–Trinajstić information content (AvgIpc) is 3.26. The molecular weight excluding hydrogens is 528 g/mol. The van der Waals surface area contributed by atoms with E-state index in [9.17, 15) is 8.42 Å². The fourth-order valence-corrected chi connectivity index (χ4v) is 6.18. The first-order valence-corrected chi connectivity index (χ1v) is 14.2. The number of likely N-dealkylation sites (tertiary alicyclic amines) is 1. The molecule has 0 radical (unpaired) electrons. The highest BCUT2D eigenvalue weighted by molar-refractivity contribution is 7.92. The Morgan fingerprint density at radius 2 is 1.95 bits per heavy atom. The number of anilines is 1. The average molecular weight is 557 g/mol. The molecule has 0 spiro atoms. The summed E-state index contributed by atoms with van der Waals surface area (Å²) < 4.78 is 41.7. The molecule has 5 rings (SSSR count).